The van der Waals surface area contributed by atoms with E-state index in [0.717, 1.165) is 0 Å². The molecule has 0 N–H and O–H groups in total. The van der Waals surface area contributed by atoms with Crippen LogP contribution in [0.5, 0.6) is 0 Å². The van der Waals surface area contributed by atoms with Gasteiger partial charge in [0.25, 0.3) is 0 Å². The molecule has 0 aromatic carbocycles. The Kier molecular flexibility index (Phi) is 1.80. The van der Waals surface area contributed by atoms with Crippen molar-refractivity contribution >= 4 is 17.7 Å². The first-order valence-electron chi connectivity index (χ1n) is 2.35. The van der Waals surface area contributed by atoms with E-state index in [0.29, 0.717) is 10.7 Å². The van der Waals surface area contributed by atoms with Gasteiger partial charge in [0.05, 0.1) is 16.9 Å². The summed E-state index contributed by atoms with van der Waals surface area (Å²) in [4.78, 5) is 7.29. The second-order valence-electron chi connectivity index (χ2n) is 1.41. The molecule has 3 heteroatoms. The maximum atomic E-state index is 5.61. The number of hydrogen-bond donors (Lipinski definition) is 0. The quantitative estimate of drug-likeness (QED) is 0.590. The molecule has 1 aromatic heterocycles. The molecule has 9 heavy (non-hydrogen) atoms. The minimum Gasteiger partial charge on any atom is -0.232 e. The van der Waals surface area contributed by atoms with Gasteiger partial charge in [0.15, 0.2) is 6.33 Å². The molecule has 0 atom stereocenters. The van der Waals surface area contributed by atoms with Crippen LogP contribution in [0.1, 0.15) is 5.69 Å². The lowest BCUT2D eigenvalue weighted by Crippen LogP contribution is -1.82. The summed E-state index contributed by atoms with van der Waals surface area (Å²) in [5.41, 5.74) is 0.617. The van der Waals surface area contributed by atoms with E-state index in [1.807, 2.05) is 0 Å². The van der Waals surface area contributed by atoms with Gasteiger partial charge in [0, 0.05) is 0 Å². The smallest absolute Gasteiger partial charge is 0.198 e. The Morgan fingerprint density at radius 1 is 1.78 bits per heavy atom. The van der Waals surface area contributed by atoms with Crippen molar-refractivity contribution in [1.82, 2.24) is 9.97 Å². The molecule has 45 valence electrons. The minimum atomic E-state index is 0.503. The summed E-state index contributed by atoms with van der Waals surface area (Å²) in [5, 5.41) is 0.503. The molecule has 2 nitrogen and oxygen atoms in total. The van der Waals surface area contributed by atoms with Crippen LogP contribution < -0.4 is 0 Å². The third-order valence-corrected chi connectivity index (χ3v) is 1.14. The molecule has 0 spiro atoms. The number of halogens is 1. The molecule has 0 saturated heterocycles. The van der Waals surface area contributed by atoms with Crippen LogP contribution in [0.2, 0.25) is 5.02 Å². The van der Waals surface area contributed by atoms with Crippen LogP contribution in [0, 0.1) is 6.33 Å². The first kappa shape index (κ1) is 6.23. The Morgan fingerprint density at radius 2 is 2.56 bits per heavy atom. The highest BCUT2D eigenvalue weighted by atomic mass is 35.5. The third kappa shape index (κ3) is 1.27. The van der Waals surface area contributed by atoms with E-state index in [9.17, 15) is 0 Å². The summed E-state index contributed by atoms with van der Waals surface area (Å²) in [6.07, 6.45) is 5.43. The van der Waals surface area contributed by atoms with Gasteiger partial charge in [-0.25, -0.2) is 9.97 Å². The van der Waals surface area contributed by atoms with Gasteiger partial charge in [0.1, 0.15) is 0 Å². The lowest BCUT2D eigenvalue weighted by molar-refractivity contribution is 1.13. The van der Waals surface area contributed by atoms with Crippen molar-refractivity contribution < 1.29 is 0 Å². The van der Waals surface area contributed by atoms with Crippen molar-refractivity contribution in [3.63, 3.8) is 0 Å². The van der Waals surface area contributed by atoms with E-state index in [2.05, 4.69) is 22.9 Å². The number of hydrogen-bond acceptors (Lipinski definition) is 2. The van der Waals surface area contributed by atoms with Gasteiger partial charge in [-0.1, -0.05) is 18.2 Å². The zero-order chi connectivity index (χ0) is 6.69. The Balaban J connectivity index is 3.15. The third-order valence-electron chi connectivity index (χ3n) is 0.844. The molecule has 0 amide bonds. The normalized spacial score (nSPS) is 9.00. The Morgan fingerprint density at radius 3 is 3.00 bits per heavy atom. The van der Waals surface area contributed by atoms with E-state index in [4.69, 9.17) is 11.6 Å². The molecule has 1 radical (unpaired) electrons. The number of aromatic nitrogens is 2. The van der Waals surface area contributed by atoms with Crippen molar-refractivity contribution in [3.8, 4) is 0 Å². The first-order valence-corrected chi connectivity index (χ1v) is 2.73. The van der Waals surface area contributed by atoms with Crippen LogP contribution in [0.3, 0.4) is 0 Å². The highest BCUT2D eigenvalue weighted by Gasteiger charge is 1.92. The summed E-state index contributed by atoms with van der Waals surface area (Å²) in [7, 11) is 0. The molecule has 0 fully saturated rings. The zero-order valence-electron chi connectivity index (χ0n) is 4.63. The van der Waals surface area contributed by atoms with Crippen LogP contribution in [0.25, 0.3) is 6.08 Å². The van der Waals surface area contributed by atoms with Crippen LogP contribution in [-0.2, 0) is 0 Å². The van der Waals surface area contributed by atoms with Crippen molar-refractivity contribution in [2.75, 3.05) is 0 Å². The molecule has 0 saturated carbocycles. The van der Waals surface area contributed by atoms with Gasteiger partial charge in [-0.2, -0.15) is 0 Å². The highest BCUT2D eigenvalue weighted by Crippen LogP contribution is 2.10. The summed E-state index contributed by atoms with van der Waals surface area (Å²) in [6.45, 7) is 3.50. The van der Waals surface area contributed by atoms with Gasteiger partial charge < -0.3 is 0 Å². The second kappa shape index (κ2) is 2.60. The van der Waals surface area contributed by atoms with Gasteiger partial charge in [0.2, 0.25) is 0 Å². The molecule has 0 aliphatic heterocycles. The molecular weight excluding hydrogens is 136 g/mol. The van der Waals surface area contributed by atoms with Crippen LogP contribution in [-0.4, -0.2) is 9.97 Å². The fraction of sp³-hybridized carbons (Fsp3) is 0. The number of nitrogens with zero attached hydrogens (tertiary/aromatic N) is 2. The standard InChI is InChI=1S/C6H4ClN2/c1-2-6-5(7)3-8-4-9-6/h2-3H,1H2. The van der Waals surface area contributed by atoms with E-state index in [1.165, 1.54) is 6.20 Å². The predicted octanol–water partition coefficient (Wildman–Crippen LogP) is 1.57. The Bertz CT molecular complexity index is 222. The van der Waals surface area contributed by atoms with E-state index in [1.54, 1.807) is 6.08 Å². The van der Waals surface area contributed by atoms with Crippen molar-refractivity contribution in [2.24, 2.45) is 0 Å². The topological polar surface area (TPSA) is 25.8 Å². The average molecular weight is 140 g/mol. The Hall–Kier alpha value is -0.890. The van der Waals surface area contributed by atoms with Gasteiger partial charge in [-0.3, -0.25) is 0 Å². The van der Waals surface area contributed by atoms with Crippen LogP contribution in [0.15, 0.2) is 12.8 Å². The molecule has 1 heterocycles. The van der Waals surface area contributed by atoms with Gasteiger partial charge >= 0.3 is 0 Å². The molecular formula is C6H4ClN2. The van der Waals surface area contributed by atoms with Crippen molar-refractivity contribution in [3.05, 3.63) is 29.8 Å². The van der Waals surface area contributed by atoms with E-state index >= 15 is 0 Å². The maximum absolute atomic E-state index is 5.61. The lowest BCUT2D eigenvalue weighted by atomic mass is 10.4. The fourth-order valence-corrected chi connectivity index (χ4v) is 0.599. The first-order chi connectivity index (χ1) is 4.34. The molecule has 0 aliphatic carbocycles. The molecule has 1 rings (SSSR count). The zero-order valence-corrected chi connectivity index (χ0v) is 5.39. The fourth-order valence-electron chi connectivity index (χ4n) is 0.431. The SMILES string of the molecule is C=Cc1n[c]ncc1Cl. The monoisotopic (exact) mass is 139 g/mol. The summed E-state index contributed by atoms with van der Waals surface area (Å²) in [6, 6.07) is 0. The van der Waals surface area contributed by atoms with E-state index < -0.39 is 0 Å². The molecule has 0 bridgehead atoms. The van der Waals surface area contributed by atoms with Crippen molar-refractivity contribution in [1.29, 1.82) is 0 Å². The summed E-state index contributed by atoms with van der Waals surface area (Å²) in [5.74, 6) is 0. The van der Waals surface area contributed by atoms with Crippen LogP contribution in [0.4, 0.5) is 0 Å². The summed E-state index contributed by atoms with van der Waals surface area (Å²) < 4.78 is 0. The largest absolute Gasteiger partial charge is 0.232 e. The van der Waals surface area contributed by atoms with Gasteiger partial charge in [-0.15, -0.1) is 0 Å². The maximum Gasteiger partial charge on any atom is 0.198 e. The minimum absolute atomic E-state index is 0.503. The Labute approximate surface area is 58.2 Å². The molecule has 0 unspecified atom stereocenters. The van der Waals surface area contributed by atoms with Crippen LogP contribution >= 0.6 is 11.6 Å². The summed E-state index contributed by atoms with van der Waals surface area (Å²) >= 11 is 5.61. The lowest BCUT2D eigenvalue weighted by Gasteiger charge is -1.90. The number of rotatable bonds is 1. The van der Waals surface area contributed by atoms with Crippen molar-refractivity contribution in [2.45, 2.75) is 0 Å². The van der Waals surface area contributed by atoms with E-state index in [-0.39, 0.29) is 0 Å². The van der Waals surface area contributed by atoms with Gasteiger partial charge in [-0.05, 0) is 6.08 Å². The average Bonchev–Trinajstić information content (AvgIpc) is 1.89. The predicted molar refractivity (Wildman–Crippen MR) is 36.0 cm³/mol. The molecule has 1 aromatic rings. The second-order valence-corrected chi connectivity index (χ2v) is 1.81. The molecule has 0 aliphatic rings. The highest BCUT2D eigenvalue weighted by molar-refractivity contribution is 6.31.